The van der Waals surface area contributed by atoms with Crippen molar-refractivity contribution in [1.82, 2.24) is 10.7 Å². The van der Waals surface area contributed by atoms with Crippen LogP contribution < -0.4 is 15.5 Å². The van der Waals surface area contributed by atoms with Gasteiger partial charge in [-0.1, -0.05) is 13.8 Å². The number of hydrogen-bond donors (Lipinski definition) is 2. The fourth-order valence-electron chi connectivity index (χ4n) is 1.28. The van der Waals surface area contributed by atoms with Crippen molar-refractivity contribution in [1.29, 1.82) is 0 Å². The third-order valence-electron chi connectivity index (χ3n) is 2.37. The second-order valence-corrected chi connectivity index (χ2v) is 4.58. The topological polar surface area (TPSA) is 79.8 Å². The zero-order valence-corrected chi connectivity index (χ0v) is 11.8. The lowest BCUT2D eigenvalue weighted by molar-refractivity contribution is -0.139. The summed E-state index contributed by atoms with van der Waals surface area (Å²) in [4.78, 5) is 22.7. The normalized spacial score (nSPS) is 10.6. The number of ether oxygens (including phenoxy) is 1. The predicted molar refractivity (Wildman–Crippen MR) is 76.6 cm³/mol. The van der Waals surface area contributed by atoms with Crippen LogP contribution in [-0.2, 0) is 9.59 Å². The molecule has 2 amide bonds. The van der Waals surface area contributed by atoms with E-state index in [1.807, 2.05) is 13.8 Å². The first-order valence-electron chi connectivity index (χ1n) is 6.28. The van der Waals surface area contributed by atoms with E-state index in [4.69, 9.17) is 4.74 Å². The molecule has 0 aromatic heterocycles. The van der Waals surface area contributed by atoms with Crippen molar-refractivity contribution in [2.45, 2.75) is 13.8 Å². The zero-order valence-electron chi connectivity index (χ0n) is 11.8. The van der Waals surface area contributed by atoms with E-state index < -0.39 is 11.8 Å². The average molecular weight is 277 g/mol. The number of hydrogen-bond acceptors (Lipinski definition) is 4. The standard InChI is InChI=1S/C14H19N3O3/c1-10(2)8-15-13(18)14(19)17-16-9-11-4-6-12(20-3)7-5-11/h4-7,9-10H,8H2,1-3H3,(H,15,18)(H,17,19)/b16-9+. The molecule has 2 N–H and O–H groups in total. The van der Waals surface area contributed by atoms with Gasteiger partial charge in [-0.3, -0.25) is 9.59 Å². The fourth-order valence-corrected chi connectivity index (χ4v) is 1.28. The second kappa shape index (κ2) is 7.93. The van der Waals surface area contributed by atoms with Crippen LogP contribution in [0.2, 0.25) is 0 Å². The number of carbonyl (C=O) groups excluding carboxylic acids is 2. The second-order valence-electron chi connectivity index (χ2n) is 4.58. The van der Waals surface area contributed by atoms with Gasteiger partial charge in [0.2, 0.25) is 0 Å². The molecule has 0 fully saturated rings. The third kappa shape index (κ3) is 5.51. The maximum atomic E-state index is 11.4. The van der Waals surface area contributed by atoms with Gasteiger partial charge in [0, 0.05) is 6.54 Å². The van der Waals surface area contributed by atoms with Gasteiger partial charge in [0.15, 0.2) is 0 Å². The van der Waals surface area contributed by atoms with Gasteiger partial charge in [-0.2, -0.15) is 5.10 Å². The van der Waals surface area contributed by atoms with Gasteiger partial charge in [-0.05, 0) is 35.7 Å². The van der Waals surface area contributed by atoms with Gasteiger partial charge in [0.1, 0.15) is 5.75 Å². The molecular formula is C14H19N3O3. The summed E-state index contributed by atoms with van der Waals surface area (Å²) < 4.78 is 5.02. The fraction of sp³-hybridized carbons (Fsp3) is 0.357. The van der Waals surface area contributed by atoms with Crippen molar-refractivity contribution >= 4 is 18.0 Å². The number of nitrogens with one attached hydrogen (secondary N) is 2. The summed E-state index contributed by atoms with van der Waals surface area (Å²) >= 11 is 0. The van der Waals surface area contributed by atoms with E-state index in [-0.39, 0.29) is 5.92 Å². The molecule has 0 atom stereocenters. The van der Waals surface area contributed by atoms with Crippen molar-refractivity contribution in [3.8, 4) is 5.75 Å². The molecule has 0 bridgehead atoms. The molecule has 0 radical (unpaired) electrons. The van der Waals surface area contributed by atoms with Crippen LogP contribution in [0.25, 0.3) is 0 Å². The zero-order chi connectivity index (χ0) is 15.0. The Labute approximate surface area is 118 Å². The third-order valence-corrected chi connectivity index (χ3v) is 2.37. The highest BCUT2D eigenvalue weighted by Gasteiger charge is 2.11. The maximum absolute atomic E-state index is 11.4. The minimum atomic E-state index is -0.782. The molecular weight excluding hydrogens is 258 g/mol. The Morgan fingerprint density at radius 3 is 2.45 bits per heavy atom. The van der Waals surface area contributed by atoms with Crippen molar-refractivity contribution < 1.29 is 14.3 Å². The van der Waals surface area contributed by atoms with E-state index in [0.29, 0.717) is 6.54 Å². The molecule has 0 aliphatic heterocycles. The monoisotopic (exact) mass is 277 g/mol. The van der Waals surface area contributed by atoms with Crippen LogP contribution in [-0.4, -0.2) is 31.7 Å². The molecule has 0 heterocycles. The molecule has 1 rings (SSSR count). The molecule has 0 unspecified atom stereocenters. The highest BCUT2D eigenvalue weighted by molar-refractivity contribution is 6.35. The number of nitrogens with zero attached hydrogens (tertiary/aromatic N) is 1. The largest absolute Gasteiger partial charge is 0.497 e. The Bertz CT molecular complexity index is 481. The van der Waals surface area contributed by atoms with Gasteiger partial charge >= 0.3 is 11.8 Å². The summed E-state index contributed by atoms with van der Waals surface area (Å²) in [6.07, 6.45) is 1.45. The van der Waals surface area contributed by atoms with Crippen molar-refractivity contribution in [3.05, 3.63) is 29.8 Å². The molecule has 0 aliphatic rings. The lowest BCUT2D eigenvalue weighted by atomic mass is 10.2. The Kier molecular flexibility index (Phi) is 6.22. The molecule has 1 aromatic carbocycles. The van der Waals surface area contributed by atoms with E-state index in [1.54, 1.807) is 31.4 Å². The smallest absolute Gasteiger partial charge is 0.329 e. The Balaban J connectivity index is 2.42. The van der Waals surface area contributed by atoms with Gasteiger partial charge < -0.3 is 10.1 Å². The summed E-state index contributed by atoms with van der Waals surface area (Å²) in [6, 6.07) is 7.12. The van der Waals surface area contributed by atoms with Crippen LogP contribution in [0.3, 0.4) is 0 Å². The van der Waals surface area contributed by atoms with Crippen molar-refractivity contribution in [2.24, 2.45) is 11.0 Å². The number of carbonyl (C=O) groups is 2. The van der Waals surface area contributed by atoms with Gasteiger partial charge in [-0.25, -0.2) is 5.43 Å². The highest BCUT2D eigenvalue weighted by Crippen LogP contribution is 2.09. The Morgan fingerprint density at radius 2 is 1.90 bits per heavy atom. The first-order chi connectivity index (χ1) is 9.52. The molecule has 6 nitrogen and oxygen atoms in total. The number of methoxy groups -OCH3 is 1. The van der Waals surface area contributed by atoms with E-state index in [1.165, 1.54) is 6.21 Å². The van der Waals surface area contributed by atoms with Crippen molar-refractivity contribution in [3.63, 3.8) is 0 Å². The van der Waals surface area contributed by atoms with Crippen LogP contribution in [0.5, 0.6) is 5.75 Å². The van der Waals surface area contributed by atoms with E-state index in [0.717, 1.165) is 11.3 Å². The molecule has 1 aromatic rings. The average Bonchev–Trinajstić information content (AvgIpc) is 2.45. The summed E-state index contributed by atoms with van der Waals surface area (Å²) in [7, 11) is 1.58. The van der Waals surface area contributed by atoms with Crippen LogP contribution in [0.15, 0.2) is 29.4 Å². The number of rotatable bonds is 5. The minimum absolute atomic E-state index is 0.287. The number of amides is 2. The molecule has 0 spiro atoms. The molecule has 20 heavy (non-hydrogen) atoms. The summed E-state index contributed by atoms with van der Waals surface area (Å²) in [6.45, 7) is 4.34. The van der Waals surface area contributed by atoms with Crippen LogP contribution in [0.4, 0.5) is 0 Å². The molecule has 108 valence electrons. The SMILES string of the molecule is COc1ccc(/C=N/NC(=O)C(=O)NCC(C)C)cc1. The minimum Gasteiger partial charge on any atom is -0.497 e. The van der Waals surface area contributed by atoms with E-state index in [2.05, 4.69) is 15.8 Å². The van der Waals surface area contributed by atoms with Gasteiger partial charge in [0.05, 0.1) is 13.3 Å². The van der Waals surface area contributed by atoms with Crippen LogP contribution in [0.1, 0.15) is 19.4 Å². The van der Waals surface area contributed by atoms with Gasteiger partial charge in [0.25, 0.3) is 0 Å². The summed E-state index contributed by atoms with van der Waals surface area (Å²) in [5.74, 6) is -0.449. The number of benzene rings is 1. The summed E-state index contributed by atoms with van der Waals surface area (Å²) in [5, 5.41) is 6.22. The molecule has 0 saturated carbocycles. The molecule has 0 saturated heterocycles. The Morgan fingerprint density at radius 1 is 1.25 bits per heavy atom. The molecule has 0 aliphatic carbocycles. The van der Waals surface area contributed by atoms with Crippen LogP contribution >= 0.6 is 0 Å². The first-order valence-corrected chi connectivity index (χ1v) is 6.28. The number of hydrazone groups is 1. The Hall–Kier alpha value is -2.37. The van der Waals surface area contributed by atoms with E-state index >= 15 is 0 Å². The lowest BCUT2D eigenvalue weighted by Crippen LogP contribution is -2.39. The first kappa shape index (κ1) is 15.7. The summed E-state index contributed by atoms with van der Waals surface area (Å²) in [5.41, 5.74) is 2.96. The lowest BCUT2D eigenvalue weighted by Gasteiger charge is -2.05. The highest BCUT2D eigenvalue weighted by atomic mass is 16.5. The van der Waals surface area contributed by atoms with E-state index in [9.17, 15) is 9.59 Å². The van der Waals surface area contributed by atoms with Crippen molar-refractivity contribution in [2.75, 3.05) is 13.7 Å². The quantitative estimate of drug-likeness (QED) is 0.477. The van der Waals surface area contributed by atoms with Crippen LogP contribution in [0, 0.1) is 5.92 Å². The maximum Gasteiger partial charge on any atom is 0.329 e. The molecule has 6 heteroatoms. The predicted octanol–water partition coefficient (Wildman–Crippen LogP) is 0.917. The van der Waals surface area contributed by atoms with Gasteiger partial charge in [-0.15, -0.1) is 0 Å².